The van der Waals surface area contributed by atoms with Crippen LogP contribution in [0.2, 0.25) is 5.02 Å². The molecule has 0 spiro atoms. The van der Waals surface area contributed by atoms with Gasteiger partial charge in [0.15, 0.2) is 5.71 Å². The number of aliphatic imine (C=N–C) groups is 1. The van der Waals surface area contributed by atoms with Gasteiger partial charge in [0.25, 0.3) is 30.4 Å². The zero-order chi connectivity index (χ0) is 43.6. The van der Waals surface area contributed by atoms with Crippen molar-refractivity contribution in [3.8, 4) is 0 Å². The molecule has 1 unspecified atom stereocenters. The average molecular weight is 902 g/mol. The third-order valence-electron chi connectivity index (χ3n) is 10.9. The molecule has 0 fully saturated rings. The number of nitrogens with zero attached hydrogens (tertiary/aromatic N) is 3. The van der Waals surface area contributed by atoms with Gasteiger partial charge in [-0.2, -0.15) is 25.3 Å². The number of hydrogen-bond acceptors (Lipinski definition) is 10. The van der Waals surface area contributed by atoms with Crippen LogP contribution in [0.3, 0.4) is 0 Å². The van der Waals surface area contributed by atoms with Crippen molar-refractivity contribution in [2.45, 2.75) is 114 Å². The molecule has 0 radical (unpaired) electrons. The number of halogens is 1. The van der Waals surface area contributed by atoms with Crippen LogP contribution >= 0.6 is 11.6 Å². The molecule has 0 saturated heterocycles. The van der Waals surface area contributed by atoms with Crippen molar-refractivity contribution in [1.29, 1.82) is 0 Å². The molecular weight excluding hydrogens is 842 g/mol. The van der Waals surface area contributed by atoms with Crippen LogP contribution in [-0.2, 0) is 52.5 Å². The van der Waals surface area contributed by atoms with Gasteiger partial charge in [-0.1, -0.05) is 36.6 Å². The Labute approximate surface area is 354 Å². The normalized spacial score (nSPS) is 18.4. The number of hydrogen-bond donors (Lipinski definition) is 5. The zero-order valence-electron chi connectivity index (χ0n) is 34.3. The van der Waals surface area contributed by atoms with Gasteiger partial charge in [-0.15, -0.1) is 0 Å². The van der Waals surface area contributed by atoms with Gasteiger partial charge in [0, 0.05) is 42.7 Å². The molecule has 1 aromatic carbocycles. The highest BCUT2D eigenvalue weighted by atomic mass is 35.5. The first-order valence-electron chi connectivity index (χ1n) is 20.0. The lowest BCUT2D eigenvalue weighted by Gasteiger charge is -2.31. The minimum absolute atomic E-state index is 0.00553. The van der Waals surface area contributed by atoms with E-state index < -0.39 is 46.9 Å². The molecule has 15 nitrogen and oxygen atoms in total. The summed E-state index contributed by atoms with van der Waals surface area (Å²) in [5.41, 5.74) is 2.77. The number of benzene rings is 1. The topological polar surface area (TPSA) is 224 Å². The SMILES string of the molecule is CNCCCNC(=O)CCCCCN1/C(=C/CC/C=C/C2=Nc3c(cc(Cl)c[n+]3CCCS(=O)(=O)O)C2(C)C)C(C)(CCCCS(=O)(=O)O)c2cc(S(=O)(=O)O)ccc21. The Bertz CT molecular complexity index is 2260. The number of carbonyl (C=O) groups is 1. The number of fused-ring (bicyclic) bond motifs is 2. The maximum absolute atomic E-state index is 12.4. The fourth-order valence-electron chi connectivity index (χ4n) is 7.76. The predicted octanol–water partition coefficient (Wildman–Crippen LogP) is 5.86. The van der Waals surface area contributed by atoms with E-state index in [1.807, 2.05) is 46.0 Å². The Kier molecular flexibility index (Phi) is 16.9. The molecule has 1 aromatic heterocycles. The predicted molar refractivity (Wildman–Crippen MR) is 231 cm³/mol. The summed E-state index contributed by atoms with van der Waals surface area (Å²) < 4.78 is 101. The van der Waals surface area contributed by atoms with Crippen molar-refractivity contribution in [2.75, 3.05) is 43.1 Å². The number of carbonyl (C=O) groups excluding carboxylic acids is 1. The molecule has 2 aromatic rings. The van der Waals surface area contributed by atoms with Crippen molar-refractivity contribution >= 4 is 65.1 Å². The van der Waals surface area contributed by atoms with Crippen LogP contribution in [0.4, 0.5) is 11.5 Å². The summed E-state index contributed by atoms with van der Waals surface area (Å²) in [4.78, 5) is 19.2. The quantitative estimate of drug-likeness (QED) is 0.0475. The first kappa shape index (κ1) is 48.4. The van der Waals surface area contributed by atoms with E-state index in [-0.39, 0.29) is 29.4 Å². The highest BCUT2D eigenvalue weighted by molar-refractivity contribution is 7.86. The average Bonchev–Trinajstić information content (AvgIpc) is 3.52. The molecule has 4 rings (SSSR count). The second-order valence-corrected chi connectivity index (χ2v) is 20.9. The molecule has 1 amide bonds. The van der Waals surface area contributed by atoms with Crippen molar-refractivity contribution in [3.05, 3.63) is 70.5 Å². The van der Waals surface area contributed by atoms with Crippen molar-refractivity contribution in [1.82, 2.24) is 10.6 Å². The van der Waals surface area contributed by atoms with Crippen LogP contribution in [0.5, 0.6) is 0 Å². The van der Waals surface area contributed by atoms with Crippen molar-refractivity contribution < 1.29 is 48.3 Å². The number of allylic oxidation sites excluding steroid dienone is 4. The Morgan fingerprint density at radius 1 is 0.881 bits per heavy atom. The Hall–Kier alpha value is -3.23. The number of aromatic nitrogens is 1. The summed E-state index contributed by atoms with van der Waals surface area (Å²) in [6, 6.07) is 6.40. The van der Waals surface area contributed by atoms with E-state index in [1.54, 1.807) is 16.8 Å². The number of unbranched alkanes of at least 4 members (excludes halogenated alkanes) is 4. The number of pyridine rings is 1. The van der Waals surface area contributed by atoms with E-state index >= 15 is 0 Å². The third-order valence-corrected chi connectivity index (χ3v) is 13.6. The van der Waals surface area contributed by atoms with E-state index in [2.05, 4.69) is 21.6 Å². The largest absolute Gasteiger partial charge is 0.356 e. The van der Waals surface area contributed by atoms with Crippen LogP contribution in [0.1, 0.15) is 103 Å². The standard InChI is InChI=1S/C40H58ClN5O10S3/c1-39(2)33-27-30(41)29-45(23-14-26-58(51,52)53)38(33)44-35(39)15-7-5-8-16-36-40(3,20-10-12-25-57(48,49)50)32-28-31(59(54,55)56)18-19-34(32)46(36)24-11-6-9-17-37(47)43-22-13-21-42-4/h7,15-16,18-19,27-29,42H,5-6,8-14,17,20-26H2,1-4H3,(H3-,43,47,48,49,50,51,52,53,54,55,56)/p+1/b15-7+,36-16+. The molecule has 328 valence electrons. The van der Waals surface area contributed by atoms with Gasteiger partial charge < -0.3 is 15.5 Å². The molecule has 19 heteroatoms. The van der Waals surface area contributed by atoms with E-state index in [0.717, 1.165) is 48.5 Å². The minimum atomic E-state index is -4.53. The molecule has 0 bridgehead atoms. The van der Waals surface area contributed by atoms with Gasteiger partial charge in [0.1, 0.15) is 6.20 Å². The van der Waals surface area contributed by atoms with Gasteiger partial charge >= 0.3 is 5.82 Å². The van der Waals surface area contributed by atoms with Gasteiger partial charge in [0.05, 0.1) is 38.9 Å². The van der Waals surface area contributed by atoms with Crippen LogP contribution in [0.25, 0.3) is 0 Å². The number of rotatable bonds is 24. The highest BCUT2D eigenvalue weighted by Gasteiger charge is 2.44. The molecule has 0 saturated carbocycles. The molecule has 5 N–H and O–H groups in total. The second kappa shape index (κ2) is 20.6. The number of amides is 1. The summed E-state index contributed by atoms with van der Waals surface area (Å²) in [7, 11) is -11.0. The first-order chi connectivity index (χ1) is 27.6. The summed E-state index contributed by atoms with van der Waals surface area (Å²) in [5.74, 6) is -0.125. The lowest BCUT2D eigenvalue weighted by molar-refractivity contribution is -0.684. The third kappa shape index (κ3) is 13.6. The molecule has 3 heterocycles. The summed E-state index contributed by atoms with van der Waals surface area (Å²) >= 11 is 6.46. The van der Waals surface area contributed by atoms with Crippen LogP contribution in [-0.4, -0.2) is 88.7 Å². The summed E-state index contributed by atoms with van der Waals surface area (Å²) in [5, 5.41) is 6.47. The minimum Gasteiger partial charge on any atom is -0.356 e. The summed E-state index contributed by atoms with van der Waals surface area (Å²) in [6.45, 7) is 8.33. The summed E-state index contributed by atoms with van der Waals surface area (Å²) in [6.07, 6.45) is 13.6. The van der Waals surface area contributed by atoms with E-state index in [0.29, 0.717) is 74.6 Å². The molecule has 2 aliphatic rings. The second-order valence-electron chi connectivity index (χ2n) is 15.9. The van der Waals surface area contributed by atoms with E-state index in [1.165, 1.54) is 12.1 Å². The first-order valence-corrected chi connectivity index (χ1v) is 25.0. The maximum atomic E-state index is 12.4. The van der Waals surface area contributed by atoms with E-state index in [9.17, 15) is 43.7 Å². The number of aryl methyl sites for hydroxylation is 1. The monoisotopic (exact) mass is 900 g/mol. The highest BCUT2D eigenvalue weighted by Crippen LogP contribution is 2.51. The van der Waals surface area contributed by atoms with Gasteiger partial charge in [-0.3, -0.25) is 18.5 Å². The maximum Gasteiger partial charge on any atom is 0.327 e. The van der Waals surface area contributed by atoms with Gasteiger partial charge in [0.2, 0.25) is 5.91 Å². The number of anilines is 1. The van der Waals surface area contributed by atoms with E-state index in [4.69, 9.17) is 16.6 Å². The fourth-order valence-corrected chi connectivity index (χ4v) is 9.56. The zero-order valence-corrected chi connectivity index (χ0v) is 37.5. The Morgan fingerprint density at radius 3 is 2.27 bits per heavy atom. The Balaban J connectivity index is 1.58. The van der Waals surface area contributed by atoms with Crippen molar-refractivity contribution in [2.24, 2.45) is 4.99 Å². The smallest absolute Gasteiger partial charge is 0.327 e. The molecule has 59 heavy (non-hydrogen) atoms. The van der Waals surface area contributed by atoms with Gasteiger partial charge in [-0.25, -0.2) is 4.57 Å². The fraction of sp³-hybridized carbons (Fsp3) is 0.575. The van der Waals surface area contributed by atoms with Gasteiger partial charge in [-0.05, 0) is 120 Å². The molecular formula is C40H59ClN5O10S3+. The lowest BCUT2D eigenvalue weighted by Crippen LogP contribution is -2.36. The van der Waals surface area contributed by atoms with Crippen LogP contribution in [0, 0.1) is 0 Å². The van der Waals surface area contributed by atoms with Crippen LogP contribution < -0.4 is 20.1 Å². The van der Waals surface area contributed by atoms with Crippen molar-refractivity contribution in [3.63, 3.8) is 0 Å². The molecule has 0 aliphatic carbocycles. The number of nitrogens with one attached hydrogen (secondary N) is 2. The van der Waals surface area contributed by atoms with Crippen LogP contribution in [0.15, 0.2) is 64.3 Å². The lowest BCUT2D eigenvalue weighted by atomic mass is 9.77. The Morgan fingerprint density at radius 2 is 1.59 bits per heavy atom. The molecule has 2 aliphatic heterocycles. The molecule has 1 atom stereocenters.